The van der Waals surface area contributed by atoms with Gasteiger partial charge in [0.2, 0.25) is 5.96 Å². The van der Waals surface area contributed by atoms with Gasteiger partial charge in [-0.25, -0.2) is 10.9 Å². The zero-order valence-corrected chi connectivity index (χ0v) is 7.97. The fourth-order valence-electron chi connectivity index (χ4n) is 1.02. The summed E-state index contributed by atoms with van der Waals surface area (Å²) < 4.78 is 0. The Morgan fingerprint density at radius 3 is 2.62 bits per heavy atom. The molecule has 0 bridgehead atoms. The Labute approximate surface area is 81.6 Å². The van der Waals surface area contributed by atoms with E-state index < -0.39 is 0 Å². The molecule has 0 saturated carbocycles. The predicted octanol–water partition coefficient (Wildman–Crippen LogP) is 1.22. The second-order valence-electron chi connectivity index (χ2n) is 2.69. The molecular weight excluding hydrogens is 188 g/mol. The van der Waals surface area contributed by atoms with Crippen LogP contribution in [0.15, 0.2) is 18.2 Å². The third kappa shape index (κ3) is 2.11. The number of nitrogens with zero attached hydrogens (tertiary/aromatic N) is 1. The van der Waals surface area contributed by atoms with Crippen LogP contribution in [-0.4, -0.2) is 5.96 Å². The summed E-state index contributed by atoms with van der Waals surface area (Å²) >= 11 is 5.76. The molecule has 0 aliphatic rings. The van der Waals surface area contributed by atoms with E-state index in [4.69, 9.17) is 28.6 Å². The van der Waals surface area contributed by atoms with Crippen LogP contribution in [0.25, 0.3) is 0 Å². The molecule has 0 fully saturated rings. The molecule has 1 rings (SSSR count). The highest BCUT2D eigenvalue weighted by molar-refractivity contribution is 6.30. The molecule has 0 aliphatic carbocycles. The first-order valence-electron chi connectivity index (χ1n) is 3.67. The lowest BCUT2D eigenvalue weighted by Gasteiger charge is -2.18. The van der Waals surface area contributed by atoms with Gasteiger partial charge in [-0.05, 0) is 30.7 Å². The van der Waals surface area contributed by atoms with Gasteiger partial charge in [0.1, 0.15) is 0 Å². The smallest absolute Gasteiger partial charge is 0.207 e. The molecule has 0 atom stereocenters. The summed E-state index contributed by atoms with van der Waals surface area (Å²) in [5.74, 6) is 5.33. The molecular formula is C8H11ClN4. The quantitative estimate of drug-likeness (QED) is 0.275. The van der Waals surface area contributed by atoms with Crippen LogP contribution in [0, 0.1) is 12.3 Å². The maximum absolute atomic E-state index is 7.13. The summed E-state index contributed by atoms with van der Waals surface area (Å²) in [4.78, 5) is 0. The summed E-state index contributed by atoms with van der Waals surface area (Å²) in [6, 6.07) is 5.19. The number of nitrogens with one attached hydrogen (secondary N) is 1. The molecule has 0 amide bonds. The van der Waals surface area contributed by atoms with Crippen molar-refractivity contribution in [3.8, 4) is 0 Å². The zero-order valence-electron chi connectivity index (χ0n) is 7.21. The van der Waals surface area contributed by atoms with Crippen molar-refractivity contribution in [2.24, 2.45) is 11.6 Å². The molecule has 0 unspecified atom stereocenters. The Balaban J connectivity index is 3.08. The van der Waals surface area contributed by atoms with Gasteiger partial charge in [-0.15, -0.1) is 0 Å². The van der Waals surface area contributed by atoms with Crippen LogP contribution in [0.3, 0.4) is 0 Å². The van der Waals surface area contributed by atoms with Crippen molar-refractivity contribution < 1.29 is 0 Å². The van der Waals surface area contributed by atoms with E-state index in [2.05, 4.69) is 0 Å². The van der Waals surface area contributed by atoms with E-state index in [1.165, 1.54) is 0 Å². The number of halogens is 1. The molecule has 70 valence electrons. The van der Waals surface area contributed by atoms with Crippen molar-refractivity contribution in [2.45, 2.75) is 6.92 Å². The van der Waals surface area contributed by atoms with Crippen LogP contribution < -0.4 is 16.6 Å². The zero-order chi connectivity index (χ0) is 10.0. The Morgan fingerprint density at radius 2 is 2.15 bits per heavy atom. The lowest BCUT2D eigenvalue weighted by Crippen LogP contribution is -2.42. The highest BCUT2D eigenvalue weighted by Gasteiger charge is 2.07. The Morgan fingerprint density at radius 1 is 1.54 bits per heavy atom. The fourth-order valence-corrected chi connectivity index (χ4v) is 1.25. The average Bonchev–Trinajstić information content (AvgIpc) is 2.03. The van der Waals surface area contributed by atoms with Gasteiger partial charge < -0.3 is 5.73 Å². The number of hydrogen-bond acceptors (Lipinski definition) is 2. The van der Waals surface area contributed by atoms with Gasteiger partial charge in [0.15, 0.2) is 0 Å². The van der Waals surface area contributed by atoms with Gasteiger partial charge in [-0.3, -0.25) is 5.41 Å². The molecule has 0 heterocycles. The normalized spacial score (nSPS) is 9.77. The molecule has 0 radical (unpaired) electrons. The van der Waals surface area contributed by atoms with E-state index in [1.807, 2.05) is 6.92 Å². The van der Waals surface area contributed by atoms with Crippen LogP contribution in [0.1, 0.15) is 5.56 Å². The summed E-state index contributed by atoms with van der Waals surface area (Å²) in [6.45, 7) is 1.85. The monoisotopic (exact) mass is 198 g/mol. The minimum absolute atomic E-state index is 0.203. The first-order valence-corrected chi connectivity index (χ1v) is 4.05. The Hall–Kier alpha value is -1.26. The highest BCUT2D eigenvalue weighted by Crippen LogP contribution is 2.21. The maximum Gasteiger partial charge on any atom is 0.207 e. The molecule has 4 nitrogen and oxygen atoms in total. The molecule has 5 heteroatoms. The lowest BCUT2D eigenvalue weighted by atomic mass is 10.2. The largest absolute Gasteiger partial charge is 0.369 e. The summed E-state index contributed by atoms with van der Waals surface area (Å²) in [5, 5.41) is 8.87. The number of guanidine groups is 1. The van der Waals surface area contributed by atoms with Crippen molar-refractivity contribution in [1.29, 1.82) is 5.41 Å². The fraction of sp³-hybridized carbons (Fsp3) is 0.125. The standard InChI is InChI=1S/C8H11ClN4/c1-5-4-6(9)2-3-7(5)13(12)8(10)11/h2-4H,12H2,1H3,(H3,10,11). The maximum atomic E-state index is 7.13. The van der Waals surface area contributed by atoms with Gasteiger partial charge >= 0.3 is 0 Å². The van der Waals surface area contributed by atoms with Crippen LogP contribution >= 0.6 is 11.6 Å². The van der Waals surface area contributed by atoms with Gasteiger partial charge in [-0.1, -0.05) is 11.6 Å². The summed E-state index contributed by atoms with van der Waals surface area (Å²) in [6.07, 6.45) is 0. The second-order valence-corrected chi connectivity index (χ2v) is 3.12. The molecule has 1 aromatic carbocycles. The molecule has 13 heavy (non-hydrogen) atoms. The minimum atomic E-state index is -0.203. The van der Waals surface area contributed by atoms with E-state index in [-0.39, 0.29) is 5.96 Å². The Bertz CT molecular complexity index is 337. The van der Waals surface area contributed by atoms with Crippen molar-refractivity contribution in [2.75, 3.05) is 5.01 Å². The number of aryl methyl sites for hydroxylation is 1. The van der Waals surface area contributed by atoms with Crippen molar-refractivity contribution in [3.05, 3.63) is 28.8 Å². The first kappa shape index (κ1) is 9.83. The van der Waals surface area contributed by atoms with E-state index in [0.29, 0.717) is 10.7 Å². The third-order valence-corrected chi connectivity index (χ3v) is 1.91. The van der Waals surface area contributed by atoms with Crippen molar-refractivity contribution in [3.63, 3.8) is 0 Å². The van der Waals surface area contributed by atoms with E-state index in [0.717, 1.165) is 10.6 Å². The van der Waals surface area contributed by atoms with Crippen molar-refractivity contribution >= 4 is 23.2 Å². The molecule has 0 saturated heterocycles. The topological polar surface area (TPSA) is 79.1 Å². The van der Waals surface area contributed by atoms with Crippen LogP contribution in [0.2, 0.25) is 5.02 Å². The number of benzene rings is 1. The van der Waals surface area contributed by atoms with Crippen molar-refractivity contribution in [1.82, 2.24) is 0 Å². The van der Waals surface area contributed by atoms with E-state index in [1.54, 1.807) is 18.2 Å². The molecule has 0 aromatic heterocycles. The predicted molar refractivity (Wildman–Crippen MR) is 54.8 cm³/mol. The third-order valence-electron chi connectivity index (χ3n) is 1.68. The number of anilines is 1. The molecule has 0 aliphatic heterocycles. The molecule has 1 aromatic rings. The number of nitrogens with two attached hydrogens (primary N) is 2. The number of rotatable bonds is 1. The van der Waals surface area contributed by atoms with Gasteiger partial charge in [-0.2, -0.15) is 0 Å². The molecule has 5 N–H and O–H groups in total. The number of hydrazine groups is 1. The highest BCUT2D eigenvalue weighted by atomic mass is 35.5. The minimum Gasteiger partial charge on any atom is -0.369 e. The summed E-state index contributed by atoms with van der Waals surface area (Å²) in [5.41, 5.74) is 6.78. The van der Waals surface area contributed by atoms with Crippen LogP contribution in [0.4, 0.5) is 5.69 Å². The second kappa shape index (κ2) is 3.64. The van der Waals surface area contributed by atoms with E-state index >= 15 is 0 Å². The SMILES string of the molecule is Cc1cc(Cl)ccc1N(N)C(=N)N. The first-order chi connectivity index (χ1) is 6.02. The average molecular weight is 199 g/mol. The van der Waals surface area contributed by atoms with Gasteiger partial charge in [0.25, 0.3) is 0 Å². The lowest BCUT2D eigenvalue weighted by molar-refractivity contribution is 1.08. The molecule has 0 spiro atoms. The van der Waals surface area contributed by atoms with Crippen LogP contribution in [-0.2, 0) is 0 Å². The van der Waals surface area contributed by atoms with E-state index in [9.17, 15) is 0 Å². The van der Waals surface area contributed by atoms with Gasteiger partial charge in [0.05, 0.1) is 5.69 Å². The van der Waals surface area contributed by atoms with Gasteiger partial charge in [0, 0.05) is 5.02 Å². The van der Waals surface area contributed by atoms with Crippen LogP contribution in [0.5, 0.6) is 0 Å². The Kier molecular flexibility index (Phi) is 2.75. The summed E-state index contributed by atoms with van der Waals surface area (Å²) in [7, 11) is 0. The number of hydrogen-bond donors (Lipinski definition) is 3.